The molecule has 4 nitrogen and oxygen atoms in total. The molecule has 0 radical (unpaired) electrons. The Kier molecular flexibility index (Phi) is 4.40. The Morgan fingerprint density at radius 2 is 2.10 bits per heavy atom. The second kappa shape index (κ2) is 6.10. The smallest absolute Gasteiger partial charge is 0.0729 e. The Labute approximate surface area is 128 Å². The molecule has 0 aliphatic carbocycles. The van der Waals surface area contributed by atoms with Gasteiger partial charge < -0.3 is 15.2 Å². The van der Waals surface area contributed by atoms with Crippen molar-refractivity contribution in [2.75, 3.05) is 19.8 Å². The van der Waals surface area contributed by atoms with Gasteiger partial charge in [-0.3, -0.25) is 4.98 Å². The van der Waals surface area contributed by atoms with E-state index in [1.54, 1.807) is 6.20 Å². The number of rotatable bonds is 2. The molecule has 2 unspecified atom stereocenters. The summed E-state index contributed by atoms with van der Waals surface area (Å²) in [7, 11) is 0. The van der Waals surface area contributed by atoms with E-state index in [0.29, 0.717) is 5.92 Å². The largest absolute Gasteiger partial charge is 0.381 e. The number of hydrogen-bond donors (Lipinski definition) is 1. The van der Waals surface area contributed by atoms with Crippen molar-refractivity contribution in [1.29, 1.82) is 0 Å². The predicted molar refractivity (Wildman–Crippen MR) is 80.3 cm³/mol. The maximum absolute atomic E-state index is 6.48. The van der Waals surface area contributed by atoms with Gasteiger partial charge >= 0.3 is 0 Å². The fraction of sp³-hybridized carbons (Fsp3) is 0.667. The van der Waals surface area contributed by atoms with E-state index in [-0.39, 0.29) is 11.6 Å². The summed E-state index contributed by atoms with van der Waals surface area (Å²) in [6, 6.07) is 2.10. The molecule has 3 heterocycles. The molecule has 20 heavy (non-hydrogen) atoms. The Hall–Kier alpha value is -0.490. The minimum Gasteiger partial charge on any atom is -0.381 e. The normalized spacial score (nSPS) is 27.4. The fourth-order valence-corrected chi connectivity index (χ4v) is 3.73. The van der Waals surface area contributed by atoms with Crippen molar-refractivity contribution >= 4 is 15.9 Å². The lowest BCUT2D eigenvalue weighted by molar-refractivity contribution is -0.149. The summed E-state index contributed by atoms with van der Waals surface area (Å²) < 4.78 is 12.5. The molecule has 1 aromatic rings. The minimum atomic E-state index is -0.00176. The first-order valence-electron chi connectivity index (χ1n) is 7.26. The molecule has 0 aromatic carbocycles. The third-order valence-corrected chi connectivity index (χ3v) is 4.99. The Balaban J connectivity index is 1.73. The summed E-state index contributed by atoms with van der Waals surface area (Å²) in [4.78, 5) is 4.23. The van der Waals surface area contributed by atoms with E-state index in [1.807, 2.05) is 6.20 Å². The van der Waals surface area contributed by atoms with E-state index >= 15 is 0 Å². The van der Waals surface area contributed by atoms with Crippen molar-refractivity contribution in [2.24, 2.45) is 11.7 Å². The maximum Gasteiger partial charge on any atom is 0.0729 e. The number of nitrogens with two attached hydrogens (primary N) is 1. The van der Waals surface area contributed by atoms with Crippen LogP contribution in [0.4, 0.5) is 0 Å². The molecule has 0 saturated carbocycles. The molecule has 2 aliphatic rings. The lowest BCUT2D eigenvalue weighted by Gasteiger charge is -2.44. The lowest BCUT2D eigenvalue weighted by atomic mass is 9.77. The third-order valence-electron chi connectivity index (χ3n) is 4.55. The molecule has 2 saturated heterocycles. The van der Waals surface area contributed by atoms with E-state index < -0.39 is 0 Å². The number of ether oxygens (including phenoxy) is 2. The van der Waals surface area contributed by atoms with Gasteiger partial charge in [-0.15, -0.1) is 0 Å². The first-order chi connectivity index (χ1) is 9.69. The van der Waals surface area contributed by atoms with Crippen molar-refractivity contribution in [3.05, 3.63) is 28.5 Å². The topological polar surface area (TPSA) is 57.4 Å². The van der Waals surface area contributed by atoms with Gasteiger partial charge in [0, 0.05) is 42.7 Å². The molecule has 0 bridgehead atoms. The summed E-state index contributed by atoms with van der Waals surface area (Å²) in [5.41, 5.74) is 7.58. The van der Waals surface area contributed by atoms with Gasteiger partial charge in [-0.25, -0.2) is 0 Å². The van der Waals surface area contributed by atoms with Gasteiger partial charge in [-0.1, -0.05) is 0 Å². The van der Waals surface area contributed by atoms with Crippen LogP contribution < -0.4 is 5.73 Å². The molecule has 5 heteroatoms. The van der Waals surface area contributed by atoms with E-state index in [4.69, 9.17) is 15.2 Å². The van der Waals surface area contributed by atoms with Crippen LogP contribution in [0.3, 0.4) is 0 Å². The highest BCUT2D eigenvalue weighted by molar-refractivity contribution is 9.10. The average Bonchev–Trinajstić information content (AvgIpc) is 2.47. The first-order valence-corrected chi connectivity index (χ1v) is 8.06. The molecule has 2 aliphatic heterocycles. The van der Waals surface area contributed by atoms with Gasteiger partial charge in [-0.05, 0) is 59.2 Å². The summed E-state index contributed by atoms with van der Waals surface area (Å²) in [5, 5.41) is 0. The molecule has 2 fully saturated rings. The molecular weight excluding hydrogens is 320 g/mol. The predicted octanol–water partition coefficient (Wildman–Crippen LogP) is 2.82. The highest BCUT2D eigenvalue weighted by Crippen LogP contribution is 2.41. The Morgan fingerprint density at radius 1 is 1.30 bits per heavy atom. The quantitative estimate of drug-likeness (QED) is 0.899. The van der Waals surface area contributed by atoms with Crippen LogP contribution in [-0.2, 0) is 9.47 Å². The van der Waals surface area contributed by atoms with Crippen LogP contribution in [0, 0.1) is 5.92 Å². The zero-order chi connectivity index (χ0) is 14.0. The summed E-state index contributed by atoms with van der Waals surface area (Å²) in [6.07, 6.45) is 7.71. The molecule has 1 spiro atoms. The maximum atomic E-state index is 6.48. The number of aromatic nitrogens is 1. The highest BCUT2D eigenvalue weighted by atomic mass is 79.9. The molecule has 2 N–H and O–H groups in total. The van der Waals surface area contributed by atoms with Gasteiger partial charge in [0.05, 0.1) is 5.60 Å². The van der Waals surface area contributed by atoms with Crippen molar-refractivity contribution in [2.45, 2.75) is 37.3 Å². The van der Waals surface area contributed by atoms with Crippen molar-refractivity contribution < 1.29 is 9.47 Å². The second-order valence-electron chi connectivity index (χ2n) is 5.86. The van der Waals surface area contributed by atoms with Crippen LogP contribution in [0.1, 0.15) is 37.3 Å². The van der Waals surface area contributed by atoms with Crippen LogP contribution in [-0.4, -0.2) is 30.4 Å². The van der Waals surface area contributed by atoms with E-state index in [2.05, 4.69) is 27.0 Å². The summed E-state index contributed by atoms with van der Waals surface area (Å²) in [6.45, 7) is 2.42. The highest BCUT2D eigenvalue weighted by Gasteiger charge is 2.40. The van der Waals surface area contributed by atoms with Gasteiger partial charge in [0.1, 0.15) is 0 Å². The van der Waals surface area contributed by atoms with E-state index in [0.717, 1.165) is 55.5 Å². The number of halogens is 1. The first kappa shape index (κ1) is 14.4. The van der Waals surface area contributed by atoms with Crippen LogP contribution in [0.5, 0.6) is 0 Å². The van der Waals surface area contributed by atoms with E-state index in [1.165, 1.54) is 0 Å². The SMILES string of the molecule is NC(c1cncc(Br)c1)C1CCOC2(CCOCC2)C1. The number of pyridine rings is 1. The Bertz CT molecular complexity index is 457. The average molecular weight is 341 g/mol. The molecule has 2 atom stereocenters. The zero-order valence-corrected chi connectivity index (χ0v) is 13.1. The van der Waals surface area contributed by atoms with E-state index in [9.17, 15) is 0 Å². The van der Waals surface area contributed by atoms with Crippen molar-refractivity contribution in [3.63, 3.8) is 0 Å². The molecule has 1 aromatic heterocycles. The van der Waals surface area contributed by atoms with Crippen LogP contribution in [0.25, 0.3) is 0 Å². The molecule has 0 amide bonds. The monoisotopic (exact) mass is 340 g/mol. The van der Waals surface area contributed by atoms with Crippen LogP contribution >= 0.6 is 15.9 Å². The van der Waals surface area contributed by atoms with Gasteiger partial charge in [-0.2, -0.15) is 0 Å². The van der Waals surface area contributed by atoms with Gasteiger partial charge in [0.15, 0.2) is 0 Å². The van der Waals surface area contributed by atoms with Crippen molar-refractivity contribution in [3.8, 4) is 0 Å². The van der Waals surface area contributed by atoms with Crippen LogP contribution in [0.2, 0.25) is 0 Å². The summed E-state index contributed by atoms with van der Waals surface area (Å²) >= 11 is 3.47. The number of hydrogen-bond acceptors (Lipinski definition) is 4. The molecule has 3 rings (SSSR count). The fourth-order valence-electron chi connectivity index (χ4n) is 3.35. The third kappa shape index (κ3) is 3.06. The van der Waals surface area contributed by atoms with Crippen LogP contribution in [0.15, 0.2) is 22.9 Å². The number of nitrogens with zero attached hydrogens (tertiary/aromatic N) is 1. The second-order valence-corrected chi connectivity index (χ2v) is 6.77. The lowest BCUT2D eigenvalue weighted by Crippen LogP contribution is -2.46. The molecule has 110 valence electrons. The Morgan fingerprint density at radius 3 is 2.85 bits per heavy atom. The standard InChI is InChI=1S/C15H21BrN2O2/c16-13-7-12(9-18-10-13)14(17)11-1-4-20-15(8-11)2-5-19-6-3-15/h7,9-11,14H,1-6,8,17H2. The molecular formula is C15H21BrN2O2. The van der Waals surface area contributed by atoms with Gasteiger partial charge in [0.25, 0.3) is 0 Å². The summed E-state index contributed by atoms with van der Waals surface area (Å²) in [5.74, 6) is 0.456. The zero-order valence-electron chi connectivity index (χ0n) is 11.6. The minimum absolute atomic E-state index is 0.00176. The van der Waals surface area contributed by atoms with Crippen molar-refractivity contribution in [1.82, 2.24) is 4.98 Å². The van der Waals surface area contributed by atoms with Gasteiger partial charge in [0.2, 0.25) is 0 Å².